The molecule has 0 unspecified atom stereocenters. The van der Waals surface area contributed by atoms with Gasteiger partial charge in [-0.25, -0.2) is 13.2 Å². The number of rotatable bonds is 5. The lowest BCUT2D eigenvalue weighted by atomic mass is 9.49. The van der Waals surface area contributed by atoms with E-state index in [1.54, 1.807) is 0 Å². The Hall–Kier alpha value is -2.13. The van der Waals surface area contributed by atoms with E-state index >= 15 is 0 Å². The number of aromatic nitrogens is 1. The summed E-state index contributed by atoms with van der Waals surface area (Å²) < 4.78 is 29.9. The number of hydrogen-bond acceptors (Lipinski definition) is 5. The Morgan fingerprint density at radius 2 is 1.79 bits per heavy atom. The van der Waals surface area contributed by atoms with Crippen LogP contribution in [0.4, 0.5) is 0 Å². The monoisotopic (exact) mass is 405 g/mol. The van der Waals surface area contributed by atoms with Gasteiger partial charge in [0.1, 0.15) is 0 Å². The zero-order valence-electron chi connectivity index (χ0n) is 15.4. The van der Waals surface area contributed by atoms with Gasteiger partial charge < -0.3 is 4.42 Å². The van der Waals surface area contributed by atoms with Crippen LogP contribution < -0.4 is 16.0 Å². The van der Waals surface area contributed by atoms with Gasteiger partial charge in [-0.15, -0.1) is 4.83 Å². The van der Waals surface area contributed by atoms with Crippen LogP contribution in [0.2, 0.25) is 0 Å². The smallest absolute Gasteiger partial charge is 0.408 e. The van der Waals surface area contributed by atoms with E-state index in [-0.39, 0.29) is 21.8 Å². The fourth-order valence-electron chi connectivity index (χ4n) is 6.17. The largest absolute Gasteiger partial charge is 0.417 e. The molecule has 4 aliphatic carbocycles. The average Bonchev–Trinajstić information content (AvgIpc) is 2.97. The van der Waals surface area contributed by atoms with Crippen LogP contribution >= 0.6 is 0 Å². The normalized spacial score (nSPS) is 31.4. The Labute approximate surface area is 162 Å². The minimum absolute atomic E-state index is 0.0394. The summed E-state index contributed by atoms with van der Waals surface area (Å²) in [5.74, 6) is 1.26. The lowest BCUT2D eigenvalue weighted by molar-refractivity contribution is -0.129. The van der Waals surface area contributed by atoms with Gasteiger partial charge in [0.25, 0.3) is 10.0 Å². The molecule has 3 N–H and O–H groups in total. The van der Waals surface area contributed by atoms with Crippen molar-refractivity contribution in [1.82, 2.24) is 15.2 Å². The molecule has 2 aromatic rings. The third-order valence-electron chi connectivity index (χ3n) is 6.73. The Bertz CT molecular complexity index is 1060. The van der Waals surface area contributed by atoms with Crippen LogP contribution in [0.3, 0.4) is 0 Å². The summed E-state index contributed by atoms with van der Waals surface area (Å²) in [6.45, 7) is 0. The van der Waals surface area contributed by atoms with Crippen molar-refractivity contribution in [3.05, 3.63) is 28.7 Å². The predicted octanol–water partition coefficient (Wildman–Crippen LogP) is 2.04. The van der Waals surface area contributed by atoms with E-state index in [0.717, 1.165) is 37.0 Å². The Kier molecular flexibility index (Phi) is 3.96. The lowest BCUT2D eigenvalue weighted by Gasteiger charge is -2.56. The Morgan fingerprint density at radius 1 is 1.14 bits per heavy atom. The predicted molar refractivity (Wildman–Crippen MR) is 101 cm³/mol. The number of amides is 1. The SMILES string of the molecule is O=C(CC12CC3CC(CC(C3)C1)C2)NNS(=O)(=O)c1ccc2[nH]c(=O)oc2c1. The van der Waals surface area contributed by atoms with Gasteiger partial charge in [0, 0.05) is 12.5 Å². The van der Waals surface area contributed by atoms with Gasteiger partial charge in [0.05, 0.1) is 10.4 Å². The summed E-state index contributed by atoms with van der Waals surface area (Å²) in [5, 5.41) is 0. The number of benzene rings is 1. The standard InChI is InChI=1S/C19H23N3O5S/c23-17(10-19-7-11-3-12(8-19)5-13(4-11)9-19)21-22-28(25,26)14-1-2-15-16(6-14)27-18(24)20-15/h1-2,6,11-13,22H,3-5,7-10H2,(H,20,24)(H,21,23). The van der Waals surface area contributed by atoms with Crippen LogP contribution in [0.25, 0.3) is 11.1 Å². The van der Waals surface area contributed by atoms with Gasteiger partial charge in [-0.1, -0.05) is 0 Å². The summed E-state index contributed by atoms with van der Waals surface area (Å²) in [4.78, 5) is 28.3. The van der Waals surface area contributed by atoms with Crippen molar-refractivity contribution in [2.45, 2.75) is 49.8 Å². The molecule has 8 nitrogen and oxygen atoms in total. The first kappa shape index (κ1) is 17.9. The van der Waals surface area contributed by atoms with Gasteiger partial charge >= 0.3 is 5.76 Å². The van der Waals surface area contributed by atoms with Crippen molar-refractivity contribution < 1.29 is 17.6 Å². The quantitative estimate of drug-likeness (QED) is 0.657. The van der Waals surface area contributed by atoms with Gasteiger partial charge in [-0.05, 0) is 73.8 Å². The average molecular weight is 405 g/mol. The topological polar surface area (TPSA) is 121 Å². The molecule has 4 saturated carbocycles. The molecule has 1 amide bonds. The van der Waals surface area contributed by atoms with Crippen LogP contribution in [0.1, 0.15) is 44.9 Å². The number of hydrogen-bond donors (Lipinski definition) is 3. The highest BCUT2D eigenvalue weighted by molar-refractivity contribution is 7.89. The van der Waals surface area contributed by atoms with Crippen molar-refractivity contribution in [3.63, 3.8) is 0 Å². The fourth-order valence-corrected chi connectivity index (χ4v) is 7.04. The van der Waals surface area contributed by atoms with Crippen molar-refractivity contribution >= 4 is 27.0 Å². The van der Waals surface area contributed by atoms with Gasteiger partial charge in [-0.2, -0.15) is 0 Å². The molecule has 0 aliphatic heterocycles. The van der Waals surface area contributed by atoms with Crippen LogP contribution in [-0.4, -0.2) is 19.3 Å². The molecule has 28 heavy (non-hydrogen) atoms. The van der Waals surface area contributed by atoms with Crippen LogP contribution in [0, 0.1) is 23.2 Å². The number of hydrazine groups is 1. The third-order valence-corrected chi connectivity index (χ3v) is 7.97. The maximum absolute atomic E-state index is 12.5. The number of fused-ring (bicyclic) bond motifs is 1. The van der Waals surface area contributed by atoms with Gasteiger partial charge in [-0.3, -0.25) is 15.2 Å². The highest BCUT2D eigenvalue weighted by Crippen LogP contribution is 2.61. The molecule has 0 atom stereocenters. The molecule has 150 valence electrons. The molecule has 1 aromatic heterocycles. The number of nitrogens with one attached hydrogen (secondary N) is 3. The van der Waals surface area contributed by atoms with Crippen LogP contribution in [-0.2, 0) is 14.8 Å². The molecular formula is C19H23N3O5S. The Morgan fingerprint density at radius 3 is 2.43 bits per heavy atom. The molecule has 4 aliphatic rings. The first-order chi connectivity index (χ1) is 13.3. The van der Waals surface area contributed by atoms with Crippen LogP contribution in [0.5, 0.6) is 0 Å². The first-order valence-corrected chi connectivity index (χ1v) is 11.2. The van der Waals surface area contributed by atoms with Crippen molar-refractivity contribution in [2.75, 3.05) is 0 Å². The summed E-state index contributed by atoms with van der Waals surface area (Å²) >= 11 is 0. The first-order valence-electron chi connectivity index (χ1n) is 9.74. The fraction of sp³-hybridized carbons (Fsp3) is 0.579. The van der Waals surface area contributed by atoms with Crippen molar-refractivity contribution in [1.29, 1.82) is 0 Å². The van der Waals surface area contributed by atoms with E-state index in [1.807, 2.05) is 0 Å². The summed E-state index contributed by atoms with van der Waals surface area (Å²) in [6.07, 6.45) is 7.51. The van der Waals surface area contributed by atoms with Crippen LogP contribution in [0.15, 0.2) is 32.3 Å². The lowest BCUT2D eigenvalue weighted by Crippen LogP contribution is -2.50. The van der Waals surface area contributed by atoms with Crippen molar-refractivity contribution in [3.8, 4) is 0 Å². The number of carbonyl (C=O) groups is 1. The second-order valence-corrected chi connectivity index (χ2v) is 10.6. The number of H-pyrrole nitrogens is 1. The van der Waals surface area contributed by atoms with E-state index < -0.39 is 15.8 Å². The minimum Gasteiger partial charge on any atom is -0.408 e. The number of aromatic amines is 1. The molecule has 4 fully saturated rings. The molecule has 0 saturated heterocycles. The summed E-state index contributed by atoms with van der Waals surface area (Å²) in [5.41, 5.74) is 2.97. The summed E-state index contributed by atoms with van der Waals surface area (Å²) in [7, 11) is -3.96. The van der Waals surface area contributed by atoms with E-state index in [1.165, 1.54) is 37.5 Å². The van der Waals surface area contributed by atoms with Crippen molar-refractivity contribution in [2.24, 2.45) is 23.2 Å². The van der Waals surface area contributed by atoms with E-state index in [4.69, 9.17) is 4.42 Å². The number of carbonyl (C=O) groups excluding carboxylic acids is 1. The molecule has 0 radical (unpaired) electrons. The zero-order valence-corrected chi connectivity index (χ0v) is 16.2. The highest BCUT2D eigenvalue weighted by Gasteiger charge is 2.51. The Balaban J connectivity index is 1.26. The molecule has 1 aromatic carbocycles. The maximum atomic E-state index is 12.5. The van der Waals surface area contributed by atoms with E-state index in [0.29, 0.717) is 11.9 Å². The molecular weight excluding hydrogens is 382 g/mol. The summed E-state index contributed by atoms with van der Waals surface area (Å²) in [6, 6.07) is 4.05. The molecule has 0 spiro atoms. The minimum atomic E-state index is -3.96. The highest BCUT2D eigenvalue weighted by atomic mass is 32.2. The second-order valence-electron chi connectivity index (χ2n) is 8.92. The van der Waals surface area contributed by atoms with Gasteiger partial charge in [0.2, 0.25) is 5.91 Å². The van der Waals surface area contributed by atoms with E-state index in [9.17, 15) is 18.0 Å². The molecule has 4 bridgehead atoms. The molecule has 6 rings (SSSR count). The number of oxazole rings is 1. The third kappa shape index (κ3) is 3.16. The number of sulfonamides is 1. The second kappa shape index (κ2) is 6.18. The maximum Gasteiger partial charge on any atom is 0.417 e. The molecule has 1 heterocycles. The molecule has 9 heteroatoms. The van der Waals surface area contributed by atoms with E-state index in [2.05, 4.69) is 15.2 Å². The van der Waals surface area contributed by atoms with Gasteiger partial charge in [0.15, 0.2) is 5.58 Å². The zero-order chi connectivity index (χ0) is 19.5.